The maximum Gasteiger partial charge on any atom is 0.211 e. The maximum absolute atomic E-state index is 8.49. The van der Waals surface area contributed by atoms with Gasteiger partial charge >= 0.3 is 0 Å². The lowest BCUT2D eigenvalue weighted by molar-refractivity contribution is -2.00. The van der Waals surface area contributed by atoms with Crippen molar-refractivity contribution in [2.45, 2.75) is 0 Å². The van der Waals surface area contributed by atoms with E-state index in [1.807, 2.05) is 30.5 Å². The fourth-order valence-electron chi connectivity index (χ4n) is 1.82. The summed E-state index contributed by atoms with van der Waals surface area (Å²) in [5.41, 5.74) is 1.17. The van der Waals surface area contributed by atoms with Crippen LogP contribution >= 0.6 is 11.6 Å². The normalized spacial score (nSPS) is 11.2. The van der Waals surface area contributed by atoms with Crippen LogP contribution < -0.4 is 23.0 Å². The van der Waals surface area contributed by atoms with E-state index < -0.39 is 10.2 Å². The molecule has 0 aliphatic heterocycles. The third kappa shape index (κ3) is 4.01. The zero-order valence-corrected chi connectivity index (χ0v) is 11.5. The van der Waals surface area contributed by atoms with Gasteiger partial charge in [-0.25, -0.2) is 18.6 Å². The summed E-state index contributed by atoms with van der Waals surface area (Å²) in [7, 11) is -4.94. The van der Waals surface area contributed by atoms with Gasteiger partial charge in [0.1, 0.15) is 0 Å². The van der Waals surface area contributed by atoms with Gasteiger partial charge < -0.3 is 0 Å². The number of aromatic nitrogens is 1. The molecule has 20 heavy (non-hydrogen) atoms. The van der Waals surface area contributed by atoms with Crippen LogP contribution in [0.3, 0.4) is 0 Å². The highest BCUT2D eigenvalue weighted by molar-refractivity contribution is 6.35. The Morgan fingerprint density at radius 1 is 0.950 bits per heavy atom. The molecule has 3 rings (SSSR count). The first-order chi connectivity index (χ1) is 9.34. The topological polar surface area (TPSA) is 96.3 Å². The average Bonchev–Trinajstić information content (AvgIpc) is 2.35. The van der Waals surface area contributed by atoms with Crippen LogP contribution in [0.5, 0.6) is 0 Å². The number of hydrogen-bond acceptors (Lipinski definition) is 4. The van der Waals surface area contributed by atoms with Crippen molar-refractivity contribution in [3.63, 3.8) is 0 Å². The molecule has 2 aromatic heterocycles. The molecular formula is C13H9Cl2NO4. The SMILES string of the molecule is Clc1cccc2cc3cccc[n+]3cc12.[O-][Cl+3]([O-])([O-])[O-]. The molecule has 0 bridgehead atoms. The minimum absolute atomic E-state index is 0.797. The third-order valence-corrected chi connectivity index (χ3v) is 2.91. The number of nitrogens with zero attached hydrogens (tertiary/aromatic N) is 1. The lowest BCUT2D eigenvalue weighted by atomic mass is 10.1. The van der Waals surface area contributed by atoms with E-state index in [0.29, 0.717) is 0 Å². The van der Waals surface area contributed by atoms with Gasteiger partial charge in [0.2, 0.25) is 5.52 Å². The molecule has 1 aromatic carbocycles. The van der Waals surface area contributed by atoms with Gasteiger partial charge in [-0.15, -0.1) is 10.2 Å². The van der Waals surface area contributed by atoms with Gasteiger partial charge in [-0.2, -0.15) is 4.40 Å². The van der Waals surface area contributed by atoms with Crippen LogP contribution in [0, 0.1) is 10.2 Å². The molecule has 0 amide bonds. The largest absolute Gasteiger partial charge is 0.222 e. The first-order valence-corrected chi connectivity index (χ1v) is 7.06. The van der Waals surface area contributed by atoms with Crippen molar-refractivity contribution in [1.82, 2.24) is 0 Å². The number of hydrogen-bond donors (Lipinski definition) is 0. The van der Waals surface area contributed by atoms with Crippen LogP contribution in [-0.4, -0.2) is 0 Å². The van der Waals surface area contributed by atoms with Crippen molar-refractivity contribution in [2.75, 3.05) is 0 Å². The minimum Gasteiger partial charge on any atom is -0.222 e. The molecule has 0 N–H and O–H groups in total. The second-order valence-corrected chi connectivity index (χ2v) is 5.09. The molecule has 0 fully saturated rings. The van der Waals surface area contributed by atoms with Crippen molar-refractivity contribution >= 4 is 27.9 Å². The van der Waals surface area contributed by atoms with Crippen LogP contribution in [0.15, 0.2) is 54.9 Å². The molecule has 104 valence electrons. The van der Waals surface area contributed by atoms with E-state index in [4.69, 9.17) is 30.2 Å². The van der Waals surface area contributed by atoms with Crippen LogP contribution in [0.4, 0.5) is 0 Å². The molecule has 0 atom stereocenters. The van der Waals surface area contributed by atoms with E-state index in [2.05, 4.69) is 28.8 Å². The highest BCUT2D eigenvalue weighted by Gasteiger charge is 2.06. The Morgan fingerprint density at radius 2 is 1.65 bits per heavy atom. The van der Waals surface area contributed by atoms with Gasteiger partial charge in [-0.1, -0.05) is 23.7 Å². The van der Waals surface area contributed by atoms with E-state index in [1.165, 1.54) is 10.9 Å². The van der Waals surface area contributed by atoms with Crippen molar-refractivity contribution < 1.29 is 33.3 Å². The monoisotopic (exact) mass is 313 g/mol. The summed E-state index contributed by atoms with van der Waals surface area (Å²) < 4.78 is 36.0. The van der Waals surface area contributed by atoms with Crippen molar-refractivity contribution in [3.05, 3.63) is 59.9 Å². The highest BCUT2D eigenvalue weighted by Crippen LogP contribution is 2.22. The molecular weight excluding hydrogens is 305 g/mol. The number of pyridine rings is 2. The van der Waals surface area contributed by atoms with E-state index in [0.717, 1.165) is 10.4 Å². The predicted molar refractivity (Wildman–Crippen MR) is 62.1 cm³/mol. The van der Waals surface area contributed by atoms with Crippen LogP contribution in [-0.2, 0) is 0 Å². The van der Waals surface area contributed by atoms with Crippen molar-refractivity contribution in [2.24, 2.45) is 0 Å². The number of fused-ring (bicyclic) bond motifs is 2. The van der Waals surface area contributed by atoms with Crippen molar-refractivity contribution in [1.29, 1.82) is 0 Å². The molecule has 3 aromatic rings. The lowest BCUT2D eigenvalue weighted by Crippen LogP contribution is -2.68. The van der Waals surface area contributed by atoms with Crippen molar-refractivity contribution in [3.8, 4) is 0 Å². The summed E-state index contributed by atoms with van der Waals surface area (Å²) in [5, 5.41) is 3.06. The van der Waals surface area contributed by atoms with Gasteiger partial charge in [-0.3, -0.25) is 0 Å². The summed E-state index contributed by atoms with van der Waals surface area (Å²) in [6, 6.07) is 14.2. The summed E-state index contributed by atoms with van der Waals surface area (Å²) in [6.45, 7) is 0. The molecule has 0 unspecified atom stereocenters. The number of halogens is 2. The summed E-state index contributed by atoms with van der Waals surface area (Å²) in [5.74, 6) is 0. The predicted octanol–water partition coefficient (Wildman–Crippen LogP) is -1.52. The molecule has 5 nitrogen and oxygen atoms in total. The summed E-state index contributed by atoms with van der Waals surface area (Å²) in [4.78, 5) is 0. The van der Waals surface area contributed by atoms with Crippen LogP contribution in [0.2, 0.25) is 5.02 Å². The zero-order chi connectivity index (χ0) is 14.8. The fourth-order valence-corrected chi connectivity index (χ4v) is 2.05. The van der Waals surface area contributed by atoms with Gasteiger partial charge in [0.15, 0.2) is 12.4 Å². The van der Waals surface area contributed by atoms with E-state index in [9.17, 15) is 0 Å². The smallest absolute Gasteiger partial charge is 0.211 e. The van der Waals surface area contributed by atoms with E-state index in [1.54, 1.807) is 0 Å². The lowest BCUT2D eigenvalue weighted by Gasteiger charge is -2.17. The van der Waals surface area contributed by atoms with Gasteiger partial charge in [0, 0.05) is 18.2 Å². The van der Waals surface area contributed by atoms with E-state index in [-0.39, 0.29) is 0 Å². The quantitative estimate of drug-likeness (QED) is 0.372. The molecule has 0 saturated heterocycles. The fraction of sp³-hybridized carbons (Fsp3) is 0. The molecule has 2 heterocycles. The molecule has 0 aliphatic carbocycles. The molecule has 0 aliphatic rings. The second kappa shape index (κ2) is 5.88. The Kier molecular flexibility index (Phi) is 4.39. The van der Waals surface area contributed by atoms with Gasteiger partial charge in [0.25, 0.3) is 0 Å². The Hall–Kier alpha value is -1.47. The maximum atomic E-state index is 8.49. The molecule has 0 spiro atoms. The Balaban J connectivity index is 0.000000257. The number of rotatable bonds is 0. The molecule has 7 heteroatoms. The van der Waals surface area contributed by atoms with E-state index >= 15 is 0 Å². The Bertz CT molecular complexity index is 737. The molecule has 0 saturated carbocycles. The first kappa shape index (κ1) is 14.9. The minimum atomic E-state index is -4.94. The highest BCUT2D eigenvalue weighted by atomic mass is 35.7. The van der Waals surface area contributed by atoms with Crippen LogP contribution in [0.25, 0.3) is 16.3 Å². The van der Waals surface area contributed by atoms with Gasteiger partial charge in [-0.05, 0) is 17.5 Å². The third-order valence-electron chi connectivity index (χ3n) is 2.58. The second-order valence-electron chi connectivity index (χ2n) is 3.93. The summed E-state index contributed by atoms with van der Waals surface area (Å²) in [6.07, 6.45) is 4.09. The Labute approximate surface area is 121 Å². The standard InChI is InChI=1S/C13H9ClN.ClHO4/c14-13-6-3-4-10-8-11-5-1-2-7-15(11)9-12(10)13;2-1(3,4)5/h1-9H;(H,2,3,4,5)/q+1;/p-1. The summed E-state index contributed by atoms with van der Waals surface area (Å²) >= 11 is 6.14. The van der Waals surface area contributed by atoms with Crippen LogP contribution in [0.1, 0.15) is 0 Å². The number of benzene rings is 1. The average molecular weight is 314 g/mol. The Morgan fingerprint density at radius 3 is 2.35 bits per heavy atom. The molecule has 0 radical (unpaired) electrons. The van der Waals surface area contributed by atoms with Gasteiger partial charge in [0.05, 0.1) is 10.4 Å². The first-order valence-electron chi connectivity index (χ1n) is 5.44. The zero-order valence-electron chi connectivity index (χ0n) is 10.0.